The number of nitrogen functional groups attached to an aromatic ring is 1. The van der Waals surface area contributed by atoms with Crippen molar-refractivity contribution in [3.63, 3.8) is 0 Å². The molecule has 0 aliphatic heterocycles. The molecule has 1 aliphatic rings. The van der Waals surface area contributed by atoms with E-state index in [4.69, 9.17) is 14.8 Å². The molecule has 0 spiro atoms. The largest absolute Gasteiger partial charge is 0.398 e. The molecule has 20 heavy (non-hydrogen) atoms. The average Bonchev–Trinajstić information content (AvgIpc) is 2.25. The zero-order valence-electron chi connectivity index (χ0n) is 9.77. The van der Waals surface area contributed by atoms with Crippen LogP contribution in [-0.4, -0.2) is 31.7 Å². The molecule has 0 bridgehead atoms. The highest BCUT2D eigenvalue weighted by Crippen LogP contribution is 2.32. The molecule has 10 heteroatoms. The quantitative estimate of drug-likeness (QED) is 0.521. The van der Waals surface area contributed by atoms with Gasteiger partial charge in [0, 0.05) is 17.7 Å². The van der Waals surface area contributed by atoms with Gasteiger partial charge in [-0.3, -0.25) is 13.9 Å². The highest BCUT2D eigenvalue weighted by atomic mass is 32.2. The summed E-state index contributed by atoms with van der Waals surface area (Å²) >= 11 is 0. The number of Topliss-reactive ketones (excluding diaryl/α,β-unsaturated/α-hetero) is 1. The van der Waals surface area contributed by atoms with E-state index in [-0.39, 0.29) is 16.8 Å². The third-order valence-corrected chi connectivity index (χ3v) is 4.49. The van der Waals surface area contributed by atoms with Gasteiger partial charge in [-0.05, 0) is 23.8 Å². The minimum atomic E-state index is -4.58. The van der Waals surface area contributed by atoms with Gasteiger partial charge in [0.25, 0.3) is 20.2 Å². The number of carbonyl (C=O) groups excluding carboxylic acids is 1. The molecule has 1 aromatic carbocycles. The molecular weight excluding hydrogens is 310 g/mol. The lowest BCUT2D eigenvalue weighted by Gasteiger charge is -2.16. The Morgan fingerprint density at radius 2 is 1.65 bits per heavy atom. The molecule has 0 unspecified atom stereocenters. The minimum absolute atomic E-state index is 0.0511. The first-order valence-corrected chi connectivity index (χ1v) is 8.00. The van der Waals surface area contributed by atoms with Gasteiger partial charge in [-0.2, -0.15) is 16.8 Å². The SMILES string of the molecule is Nc1cc(S(=O)(=O)O)cc2c1C(=O)CC(S(=O)(=O)O)=C2. The van der Waals surface area contributed by atoms with Crippen molar-refractivity contribution in [2.24, 2.45) is 0 Å². The molecule has 0 atom stereocenters. The summed E-state index contributed by atoms with van der Waals surface area (Å²) in [4.78, 5) is 10.7. The van der Waals surface area contributed by atoms with Crippen LogP contribution in [0, 0.1) is 0 Å². The van der Waals surface area contributed by atoms with E-state index in [1.165, 1.54) is 0 Å². The fraction of sp³-hybridized carbons (Fsp3) is 0.100. The Labute approximate surface area is 114 Å². The summed E-state index contributed by atoms with van der Waals surface area (Å²) < 4.78 is 62.1. The number of fused-ring (bicyclic) bond motifs is 1. The molecule has 0 aromatic heterocycles. The third kappa shape index (κ3) is 2.58. The van der Waals surface area contributed by atoms with Crippen LogP contribution in [0.25, 0.3) is 6.08 Å². The highest BCUT2D eigenvalue weighted by Gasteiger charge is 2.28. The fourth-order valence-electron chi connectivity index (χ4n) is 1.88. The van der Waals surface area contributed by atoms with Crippen LogP contribution in [0.2, 0.25) is 0 Å². The lowest BCUT2D eigenvalue weighted by atomic mass is 9.94. The maximum atomic E-state index is 11.8. The van der Waals surface area contributed by atoms with E-state index >= 15 is 0 Å². The lowest BCUT2D eigenvalue weighted by Crippen LogP contribution is -2.16. The Morgan fingerprint density at radius 1 is 1.05 bits per heavy atom. The van der Waals surface area contributed by atoms with Crippen LogP contribution in [0.4, 0.5) is 5.69 Å². The van der Waals surface area contributed by atoms with Gasteiger partial charge in [0.1, 0.15) is 0 Å². The normalized spacial score (nSPS) is 15.7. The van der Waals surface area contributed by atoms with Gasteiger partial charge in [-0.15, -0.1) is 0 Å². The number of carbonyl (C=O) groups is 1. The van der Waals surface area contributed by atoms with Crippen LogP contribution in [0.3, 0.4) is 0 Å². The fourth-order valence-corrected chi connectivity index (χ4v) is 3.02. The summed E-state index contributed by atoms with van der Waals surface area (Å²) in [5.41, 5.74) is 5.20. The highest BCUT2D eigenvalue weighted by molar-refractivity contribution is 7.90. The zero-order valence-corrected chi connectivity index (χ0v) is 11.4. The summed E-state index contributed by atoms with van der Waals surface area (Å²) in [6.07, 6.45) is 0.373. The van der Waals surface area contributed by atoms with Gasteiger partial charge in [-0.1, -0.05) is 0 Å². The van der Waals surface area contributed by atoms with Gasteiger partial charge >= 0.3 is 0 Å². The van der Waals surface area contributed by atoms with Crippen LogP contribution in [0.15, 0.2) is 21.9 Å². The number of anilines is 1. The van der Waals surface area contributed by atoms with E-state index < -0.39 is 42.2 Å². The number of rotatable bonds is 2. The van der Waals surface area contributed by atoms with Gasteiger partial charge < -0.3 is 5.73 Å². The van der Waals surface area contributed by atoms with Crippen LogP contribution in [-0.2, 0) is 20.2 Å². The molecule has 0 heterocycles. The van der Waals surface area contributed by atoms with Gasteiger partial charge in [0.2, 0.25) is 0 Å². The van der Waals surface area contributed by atoms with Gasteiger partial charge in [0.05, 0.1) is 9.80 Å². The zero-order chi connectivity index (χ0) is 15.3. The van der Waals surface area contributed by atoms with E-state index in [0.29, 0.717) is 0 Å². The molecule has 0 amide bonds. The van der Waals surface area contributed by atoms with Crippen molar-refractivity contribution in [1.82, 2.24) is 0 Å². The van der Waals surface area contributed by atoms with Crippen molar-refractivity contribution in [1.29, 1.82) is 0 Å². The van der Waals surface area contributed by atoms with Crippen molar-refractivity contribution in [2.45, 2.75) is 11.3 Å². The topological polar surface area (TPSA) is 152 Å². The summed E-state index contributed by atoms with van der Waals surface area (Å²) in [7, 11) is -9.14. The summed E-state index contributed by atoms with van der Waals surface area (Å²) in [6.45, 7) is 0. The van der Waals surface area contributed by atoms with Crippen molar-refractivity contribution >= 4 is 37.8 Å². The molecule has 0 saturated carbocycles. The first-order chi connectivity index (χ1) is 9.00. The van der Waals surface area contributed by atoms with Crippen molar-refractivity contribution in [2.75, 3.05) is 5.73 Å². The van der Waals surface area contributed by atoms with E-state index in [9.17, 15) is 21.6 Å². The second kappa shape index (κ2) is 4.38. The lowest BCUT2D eigenvalue weighted by molar-refractivity contribution is 0.0993. The first kappa shape index (κ1) is 14.7. The summed E-state index contributed by atoms with van der Waals surface area (Å²) in [6, 6.07) is 1.81. The molecule has 1 aliphatic carbocycles. The number of allylic oxidation sites excluding steroid dienone is 1. The molecule has 0 saturated heterocycles. The second-order valence-electron chi connectivity index (χ2n) is 4.14. The summed E-state index contributed by atoms with van der Waals surface area (Å²) in [5.74, 6) is -0.672. The molecule has 8 nitrogen and oxygen atoms in total. The molecular formula is C10H9NO7S2. The Hall–Kier alpha value is -1.75. The molecule has 4 N–H and O–H groups in total. The van der Waals surface area contributed by atoms with E-state index in [1.54, 1.807) is 0 Å². The Morgan fingerprint density at radius 3 is 2.15 bits per heavy atom. The molecule has 2 rings (SSSR count). The first-order valence-electron chi connectivity index (χ1n) is 5.12. The van der Waals surface area contributed by atoms with Crippen LogP contribution in [0.1, 0.15) is 22.3 Å². The maximum Gasteiger partial charge on any atom is 0.294 e. The second-order valence-corrected chi connectivity index (χ2v) is 7.03. The molecule has 0 radical (unpaired) electrons. The number of ketones is 1. The minimum Gasteiger partial charge on any atom is -0.398 e. The van der Waals surface area contributed by atoms with Crippen molar-refractivity contribution in [3.05, 3.63) is 28.2 Å². The molecule has 1 aromatic rings. The molecule has 108 valence electrons. The number of nitrogens with two attached hydrogens (primary N) is 1. The predicted molar refractivity (Wildman–Crippen MR) is 69.1 cm³/mol. The van der Waals surface area contributed by atoms with E-state index in [0.717, 1.165) is 18.2 Å². The standard InChI is InChI=1S/C10H9NO7S2/c11-8-3-6(19(13,14)15)1-5-2-7(20(16,17)18)4-9(12)10(5)8/h1-3H,4,11H2,(H,13,14,15)(H,16,17,18). The van der Waals surface area contributed by atoms with Gasteiger partial charge in [0.15, 0.2) is 5.78 Å². The monoisotopic (exact) mass is 319 g/mol. The van der Waals surface area contributed by atoms with Crippen LogP contribution in [0.5, 0.6) is 0 Å². The van der Waals surface area contributed by atoms with Crippen LogP contribution >= 0.6 is 0 Å². The Balaban J connectivity index is 2.79. The number of hydrogen-bond acceptors (Lipinski definition) is 6. The third-order valence-electron chi connectivity index (χ3n) is 2.73. The van der Waals surface area contributed by atoms with E-state index in [1.807, 2.05) is 0 Å². The van der Waals surface area contributed by atoms with Gasteiger partial charge in [-0.25, -0.2) is 0 Å². The van der Waals surface area contributed by atoms with Crippen molar-refractivity contribution < 1.29 is 30.7 Å². The predicted octanol–water partition coefficient (Wildman–Crippen LogP) is 0.331. The number of hydrogen-bond donors (Lipinski definition) is 3. The van der Waals surface area contributed by atoms with E-state index in [2.05, 4.69) is 0 Å². The summed E-state index contributed by atoms with van der Waals surface area (Å²) in [5, 5.41) is 0. The molecule has 0 fully saturated rings. The van der Waals surface area contributed by atoms with Crippen LogP contribution < -0.4 is 5.73 Å². The Bertz CT molecular complexity index is 850. The average molecular weight is 319 g/mol. The maximum absolute atomic E-state index is 11.8. The van der Waals surface area contributed by atoms with Crippen molar-refractivity contribution in [3.8, 4) is 0 Å². The number of benzene rings is 1. The smallest absolute Gasteiger partial charge is 0.294 e. The Kier molecular flexibility index (Phi) is 3.21.